The number of rotatable bonds is 5. The number of hydrogen-bond acceptors (Lipinski definition) is 6. The highest BCUT2D eigenvalue weighted by Crippen LogP contribution is 2.23. The number of nitrogens with two attached hydrogens (primary N) is 1. The summed E-state index contributed by atoms with van der Waals surface area (Å²) in [6, 6.07) is 7.27. The summed E-state index contributed by atoms with van der Waals surface area (Å²) < 4.78 is 5.19. The van der Waals surface area contributed by atoms with Crippen LogP contribution in [0.3, 0.4) is 0 Å². The molecule has 128 valence electrons. The molecule has 2 aromatic heterocycles. The maximum absolute atomic E-state index is 12.5. The van der Waals surface area contributed by atoms with E-state index in [9.17, 15) is 9.59 Å². The number of thiazole rings is 1. The van der Waals surface area contributed by atoms with Crippen LogP contribution in [0.15, 0.2) is 29.6 Å². The van der Waals surface area contributed by atoms with Gasteiger partial charge in [0.2, 0.25) is 5.91 Å². The molecule has 0 radical (unpaired) electrons. The van der Waals surface area contributed by atoms with E-state index < -0.39 is 5.91 Å². The zero-order valence-corrected chi connectivity index (χ0v) is 14.5. The van der Waals surface area contributed by atoms with Gasteiger partial charge in [0.05, 0.1) is 36.0 Å². The lowest BCUT2D eigenvalue weighted by atomic mass is 10.1. The van der Waals surface area contributed by atoms with E-state index in [1.165, 1.54) is 11.3 Å². The third-order valence-corrected chi connectivity index (χ3v) is 4.39. The van der Waals surface area contributed by atoms with Crippen LogP contribution < -0.4 is 15.8 Å². The zero-order valence-electron chi connectivity index (χ0n) is 13.7. The van der Waals surface area contributed by atoms with Crippen LogP contribution in [0, 0.1) is 6.92 Å². The Bertz CT molecular complexity index is 968. The summed E-state index contributed by atoms with van der Waals surface area (Å²) in [4.78, 5) is 32.1. The van der Waals surface area contributed by atoms with Gasteiger partial charge in [0.25, 0.3) is 5.91 Å². The largest absolute Gasteiger partial charge is 0.497 e. The molecule has 8 heteroatoms. The molecule has 0 bridgehead atoms. The molecule has 0 aliphatic carbocycles. The van der Waals surface area contributed by atoms with Crippen molar-refractivity contribution in [1.82, 2.24) is 9.97 Å². The fraction of sp³-hybridized carbons (Fsp3) is 0.176. The number of carbonyl (C=O) groups is 2. The first-order chi connectivity index (χ1) is 12.0. The Kier molecular flexibility index (Phi) is 4.62. The highest BCUT2D eigenvalue weighted by atomic mass is 32.1. The Hall–Kier alpha value is -3.00. The topological polar surface area (TPSA) is 107 Å². The number of carbonyl (C=O) groups excluding carboxylic acids is 2. The summed E-state index contributed by atoms with van der Waals surface area (Å²) in [6.07, 6.45) is 0.0464. The monoisotopic (exact) mass is 356 g/mol. The van der Waals surface area contributed by atoms with Crippen molar-refractivity contribution in [1.29, 1.82) is 0 Å². The number of nitrogens with one attached hydrogen (secondary N) is 1. The predicted octanol–water partition coefficient (Wildman–Crippen LogP) is 2.29. The number of aromatic nitrogens is 2. The number of anilines is 1. The zero-order chi connectivity index (χ0) is 18.0. The molecule has 0 spiro atoms. The molecule has 0 saturated carbocycles. The first kappa shape index (κ1) is 16.8. The van der Waals surface area contributed by atoms with Gasteiger partial charge < -0.3 is 10.5 Å². The predicted molar refractivity (Wildman–Crippen MR) is 96.0 cm³/mol. The van der Waals surface area contributed by atoms with Crippen LogP contribution in [-0.2, 0) is 11.2 Å². The summed E-state index contributed by atoms with van der Waals surface area (Å²) in [5, 5.41) is 5.67. The van der Waals surface area contributed by atoms with Crippen LogP contribution in [0.4, 0.5) is 5.13 Å². The number of pyridine rings is 1. The molecule has 3 rings (SSSR count). The standard InChI is InChI=1S/C17H16N4O3S/c1-9-13(5-10-3-4-12(24-2)7-14(10)19-9)16(23)21-17-20-11(8-25-17)6-15(18)22/h3-5,7-8H,6H2,1-2H3,(H2,18,22)(H,20,21,23). The number of nitrogens with zero attached hydrogens (tertiary/aromatic N) is 2. The second-order valence-electron chi connectivity index (χ2n) is 5.42. The molecular weight excluding hydrogens is 340 g/mol. The quantitative estimate of drug-likeness (QED) is 0.729. The van der Waals surface area contributed by atoms with Crippen LogP contribution in [0.2, 0.25) is 0 Å². The lowest BCUT2D eigenvalue weighted by Crippen LogP contribution is -2.15. The van der Waals surface area contributed by atoms with Gasteiger partial charge in [-0.1, -0.05) is 0 Å². The first-order valence-corrected chi connectivity index (χ1v) is 8.33. The van der Waals surface area contributed by atoms with E-state index in [2.05, 4.69) is 15.3 Å². The smallest absolute Gasteiger partial charge is 0.259 e. The summed E-state index contributed by atoms with van der Waals surface area (Å²) >= 11 is 1.24. The summed E-state index contributed by atoms with van der Waals surface area (Å²) in [6.45, 7) is 1.77. The van der Waals surface area contributed by atoms with E-state index in [4.69, 9.17) is 10.5 Å². The van der Waals surface area contributed by atoms with Crippen LogP contribution in [-0.4, -0.2) is 28.9 Å². The minimum Gasteiger partial charge on any atom is -0.497 e. The fourth-order valence-corrected chi connectivity index (χ4v) is 3.09. The minimum absolute atomic E-state index is 0.0464. The highest BCUT2D eigenvalue weighted by Gasteiger charge is 2.14. The second-order valence-corrected chi connectivity index (χ2v) is 6.28. The first-order valence-electron chi connectivity index (χ1n) is 7.45. The van der Waals surface area contributed by atoms with Gasteiger partial charge in [0, 0.05) is 16.8 Å². The molecule has 3 N–H and O–H groups in total. The van der Waals surface area contributed by atoms with Crippen LogP contribution in [0.1, 0.15) is 21.7 Å². The van der Waals surface area contributed by atoms with Crippen molar-refractivity contribution in [3.63, 3.8) is 0 Å². The number of amides is 2. The number of aryl methyl sites for hydroxylation is 1. The van der Waals surface area contributed by atoms with Crippen LogP contribution >= 0.6 is 11.3 Å². The number of benzene rings is 1. The summed E-state index contributed by atoms with van der Waals surface area (Å²) in [5.41, 5.74) is 7.50. The Morgan fingerprint density at radius 2 is 2.08 bits per heavy atom. The molecule has 0 atom stereocenters. The van der Waals surface area contributed by atoms with Crippen molar-refractivity contribution < 1.29 is 14.3 Å². The maximum atomic E-state index is 12.5. The molecule has 0 saturated heterocycles. The van der Waals surface area contributed by atoms with Crippen molar-refractivity contribution in [2.24, 2.45) is 5.73 Å². The molecule has 1 aromatic carbocycles. The highest BCUT2D eigenvalue weighted by molar-refractivity contribution is 7.14. The normalized spacial score (nSPS) is 10.6. The molecule has 0 unspecified atom stereocenters. The Morgan fingerprint density at radius 3 is 2.80 bits per heavy atom. The number of methoxy groups -OCH3 is 1. The van der Waals surface area contributed by atoms with Crippen molar-refractivity contribution in [2.75, 3.05) is 12.4 Å². The maximum Gasteiger partial charge on any atom is 0.259 e. The van der Waals surface area contributed by atoms with Gasteiger partial charge in [-0.3, -0.25) is 19.9 Å². The molecule has 0 fully saturated rings. The van der Waals surface area contributed by atoms with E-state index in [-0.39, 0.29) is 12.3 Å². The molecular formula is C17H16N4O3S. The molecule has 3 aromatic rings. The number of hydrogen-bond donors (Lipinski definition) is 2. The third kappa shape index (κ3) is 3.74. The van der Waals surface area contributed by atoms with Gasteiger partial charge in [0.15, 0.2) is 5.13 Å². The minimum atomic E-state index is -0.465. The van der Waals surface area contributed by atoms with Crippen molar-refractivity contribution in [3.05, 3.63) is 46.6 Å². The van der Waals surface area contributed by atoms with Crippen molar-refractivity contribution in [2.45, 2.75) is 13.3 Å². The van der Waals surface area contributed by atoms with Gasteiger partial charge in [-0.25, -0.2) is 4.98 Å². The molecule has 2 amide bonds. The number of fused-ring (bicyclic) bond motifs is 1. The van der Waals surface area contributed by atoms with Gasteiger partial charge in [0.1, 0.15) is 5.75 Å². The van der Waals surface area contributed by atoms with Crippen LogP contribution in [0.25, 0.3) is 10.9 Å². The molecule has 2 heterocycles. The molecule has 0 aliphatic heterocycles. The lowest BCUT2D eigenvalue weighted by Gasteiger charge is -2.08. The van der Waals surface area contributed by atoms with Crippen LogP contribution in [0.5, 0.6) is 5.75 Å². The van der Waals surface area contributed by atoms with E-state index in [0.29, 0.717) is 27.8 Å². The molecule has 25 heavy (non-hydrogen) atoms. The number of ether oxygens (including phenoxy) is 1. The van der Waals surface area contributed by atoms with Crippen molar-refractivity contribution in [3.8, 4) is 5.75 Å². The molecule has 0 aliphatic rings. The van der Waals surface area contributed by atoms with E-state index >= 15 is 0 Å². The fourth-order valence-electron chi connectivity index (χ4n) is 2.39. The van der Waals surface area contributed by atoms with Gasteiger partial charge in [-0.15, -0.1) is 11.3 Å². The Morgan fingerprint density at radius 1 is 1.28 bits per heavy atom. The van der Waals surface area contributed by atoms with Gasteiger partial charge in [-0.05, 0) is 25.1 Å². The number of primary amides is 1. The average Bonchev–Trinajstić information content (AvgIpc) is 2.99. The van der Waals surface area contributed by atoms with E-state index in [0.717, 1.165) is 10.9 Å². The second kappa shape index (κ2) is 6.86. The average molecular weight is 356 g/mol. The summed E-state index contributed by atoms with van der Waals surface area (Å²) in [5.74, 6) is -0.0581. The third-order valence-electron chi connectivity index (χ3n) is 3.59. The van der Waals surface area contributed by atoms with Gasteiger partial charge >= 0.3 is 0 Å². The Balaban J connectivity index is 1.85. The van der Waals surface area contributed by atoms with E-state index in [1.807, 2.05) is 18.2 Å². The SMILES string of the molecule is COc1ccc2cc(C(=O)Nc3nc(CC(N)=O)cs3)c(C)nc2c1. The summed E-state index contributed by atoms with van der Waals surface area (Å²) in [7, 11) is 1.59. The lowest BCUT2D eigenvalue weighted by molar-refractivity contribution is -0.117. The Labute approximate surface area is 147 Å². The van der Waals surface area contributed by atoms with Crippen molar-refractivity contribution >= 4 is 39.2 Å². The van der Waals surface area contributed by atoms with E-state index in [1.54, 1.807) is 25.5 Å². The molecule has 7 nitrogen and oxygen atoms in total. The van der Waals surface area contributed by atoms with Gasteiger partial charge in [-0.2, -0.15) is 0 Å².